The maximum atomic E-state index is 12.7. The number of phenolic OH excluding ortho intramolecular Hbond substituents is 1. The largest absolute Gasteiger partial charge is 0.508 e. The highest BCUT2D eigenvalue weighted by atomic mass is 16.5. The van der Waals surface area contributed by atoms with Gasteiger partial charge in [0.15, 0.2) is 5.78 Å². The number of allylic oxidation sites excluding steroid dienone is 1. The average molecular weight is 264 g/mol. The Bertz CT molecular complexity index is 687. The second-order valence-electron chi connectivity index (χ2n) is 4.87. The van der Waals surface area contributed by atoms with Gasteiger partial charge in [0, 0.05) is 6.42 Å². The van der Waals surface area contributed by atoms with Crippen LogP contribution >= 0.6 is 0 Å². The molecule has 1 aromatic rings. The highest BCUT2D eigenvalue weighted by Gasteiger charge is 2.39. The van der Waals surface area contributed by atoms with Crippen molar-refractivity contribution in [1.82, 2.24) is 0 Å². The zero-order chi connectivity index (χ0) is 16.9. The first-order valence-corrected chi connectivity index (χ1v) is 6.20. The number of aliphatic hydroxyl groups excluding tert-OH is 1. The molecule has 1 aliphatic heterocycles. The molecule has 0 saturated heterocycles. The second kappa shape index (κ2) is 4.70. The van der Waals surface area contributed by atoms with E-state index in [1.54, 1.807) is 0 Å². The normalized spacial score (nSPS) is 33.2. The van der Waals surface area contributed by atoms with E-state index in [0.717, 1.165) is 6.26 Å². The number of fused-ring (bicyclic) bond motifs is 1. The number of carbonyl (C=O) groups is 1. The number of aliphatic hydroxyl groups is 1. The third-order valence-corrected chi connectivity index (χ3v) is 3.61. The maximum Gasteiger partial charge on any atom is 0.173 e. The van der Waals surface area contributed by atoms with Crippen LogP contribution < -0.4 is 0 Å². The van der Waals surface area contributed by atoms with Crippen molar-refractivity contribution in [3.63, 3.8) is 0 Å². The fourth-order valence-corrected chi connectivity index (χ4v) is 2.59. The van der Waals surface area contributed by atoms with Crippen LogP contribution in [-0.2, 0) is 9.53 Å². The van der Waals surface area contributed by atoms with Gasteiger partial charge >= 0.3 is 0 Å². The number of ketones is 1. The minimum atomic E-state index is -0.743. The van der Waals surface area contributed by atoms with E-state index in [4.69, 9.17) is 10.2 Å². The number of benzene rings is 1. The summed E-state index contributed by atoms with van der Waals surface area (Å²) in [6, 6.07) is -2.12. The molecule has 3 atom stereocenters. The molecule has 19 heavy (non-hydrogen) atoms. The van der Waals surface area contributed by atoms with E-state index >= 15 is 0 Å². The summed E-state index contributed by atoms with van der Waals surface area (Å²) in [4.78, 5) is 12.7. The number of hydrogen-bond acceptors (Lipinski definition) is 4. The first-order chi connectivity index (χ1) is 10.8. The van der Waals surface area contributed by atoms with Crippen molar-refractivity contribution >= 4 is 11.4 Å². The van der Waals surface area contributed by atoms with Crippen molar-refractivity contribution in [2.45, 2.75) is 31.5 Å². The molecule has 1 aliphatic carbocycles. The van der Waals surface area contributed by atoms with Crippen LogP contribution in [0.4, 0.5) is 0 Å². The Kier molecular flexibility index (Phi) is 2.07. The number of ether oxygens (including phenoxy) is 1. The number of Topliss-reactive ketones (excluding diaryl/α,β-unsaturated/α-hetero) is 1. The lowest BCUT2D eigenvalue weighted by atomic mass is 9.78. The van der Waals surface area contributed by atoms with Crippen LogP contribution in [0.15, 0.2) is 30.4 Å². The summed E-state index contributed by atoms with van der Waals surface area (Å²) < 4.78 is 36.7. The van der Waals surface area contributed by atoms with Gasteiger partial charge in [-0.1, -0.05) is 12.1 Å². The molecule has 0 radical (unpaired) electrons. The lowest BCUT2D eigenvalue weighted by Gasteiger charge is -2.36. The van der Waals surface area contributed by atoms with Gasteiger partial charge in [0.25, 0.3) is 0 Å². The minimum Gasteiger partial charge on any atom is -0.508 e. The standard InChI is InChI=1S/C15H16O4/c16-10-3-1-9(2-4-10)13-8-19-14-7-11(17)5-6-12(14)15(13)18/h1-4,8,11-12,14,16-17H,5-7H2/i1D,2D,3D,4D. The lowest BCUT2D eigenvalue weighted by Crippen LogP contribution is -2.40. The van der Waals surface area contributed by atoms with Crippen molar-refractivity contribution in [2.24, 2.45) is 5.92 Å². The molecule has 1 heterocycles. The molecule has 100 valence electrons. The molecular weight excluding hydrogens is 244 g/mol. The predicted octanol–water partition coefficient (Wildman–Crippen LogP) is 1.86. The van der Waals surface area contributed by atoms with Crippen LogP contribution in [0.25, 0.3) is 5.57 Å². The number of phenols is 1. The van der Waals surface area contributed by atoms with Crippen LogP contribution in [0.1, 0.15) is 30.3 Å². The van der Waals surface area contributed by atoms with E-state index in [0.29, 0.717) is 19.3 Å². The SMILES string of the molecule is [2H]c1c([2H])c(C2=COC3CC(O)CCC3C2=O)c([2H])c([2H])c1O. The summed E-state index contributed by atoms with van der Waals surface area (Å²) in [6.45, 7) is 0. The number of carbonyl (C=O) groups excluding carboxylic acids is 1. The fourth-order valence-electron chi connectivity index (χ4n) is 2.59. The van der Waals surface area contributed by atoms with Crippen molar-refractivity contribution in [2.75, 3.05) is 0 Å². The number of hydrogen-bond donors (Lipinski definition) is 2. The summed E-state index contributed by atoms with van der Waals surface area (Å²) in [7, 11) is 0. The van der Waals surface area contributed by atoms with Gasteiger partial charge < -0.3 is 14.9 Å². The van der Waals surface area contributed by atoms with Crippen LogP contribution in [0.3, 0.4) is 0 Å². The van der Waals surface area contributed by atoms with Crippen LogP contribution in [-0.4, -0.2) is 28.2 Å². The molecule has 3 unspecified atom stereocenters. The van der Waals surface area contributed by atoms with E-state index in [1.807, 2.05) is 0 Å². The molecule has 4 heteroatoms. The molecule has 0 spiro atoms. The Morgan fingerprint density at radius 3 is 2.74 bits per heavy atom. The van der Waals surface area contributed by atoms with Crippen molar-refractivity contribution in [3.8, 4) is 5.75 Å². The van der Waals surface area contributed by atoms with Gasteiger partial charge in [-0.2, -0.15) is 0 Å². The second-order valence-corrected chi connectivity index (χ2v) is 4.87. The summed E-state index contributed by atoms with van der Waals surface area (Å²) in [5, 5.41) is 19.3. The zero-order valence-electron chi connectivity index (χ0n) is 14.1. The Morgan fingerprint density at radius 2 is 2.00 bits per heavy atom. The Balaban J connectivity index is 2.08. The van der Waals surface area contributed by atoms with Crippen molar-refractivity contribution < 1.29 is 25.2 Å². The van der Waals surface area contributed by atoms with Gasteiger partial charge in [-0.15, -0.1) is 0 Å². The molecule has 2 aliphatic rings. The number of rotatable bonds is 1. The van der Waals surface area contributed by atoms with E-state index in [2.05, 4.69) is 0 Å². The summed E-state index contributed by atoms with van der Waals surface area (Å²) in [5.41, 5.74) is -0.174. The summed E-state index contributed by atoms with van der Waals surface area (Å²) in [5.74, 6) is -1.51. The van der Waals surface area contributed by atoms with E-state index < -0.39 is 48.0 Å². The van der Waals surface area contributed by atoms with E-state index in [-0.39, 0.29) is 16.9 Å². The molecule has 0 amide bonds. The maximum absolute atomic E-state index is 12.7. The zero-order valence-corrected chi connectivity index (χ0v) is 10.1. The van der Waals surface area contributed by atoms with Gasteiger partial charge in [0.05, 0.1) is 29.3 Å². The quantitative estimate of drug-likeness (QED) is 0.812. The smallest absolute Gasteiger partial charge is 0.173 e. The van der Waals surface area contributed by atoms with Gasteiger partial charge in [0.2, 0.25) is 0 Å². The molecule has 4 nitrogen and oxygen atoms in total. The summed E-state index contributed by atoms with van der Waals surface area (Å²) in [6.07, 6.45) is 1.50. The van der Waals surface area contributed by atoms with Gasteiger partial charge in [-0.3, -0.25) is 4.79 Å². The minimum absolute atomic E-state index is 0.0142. The summed E-state index contributed by atoms with van der Waals surface area (Å²) >= 11 is 0. The van der Waals surface area contributed by atoms with Crippen molar-refractivity contribution in [1.29, 1.82) is 0 Å². The molecule has 1 saturated carbocycles. The third-order valence-electron chi connectivity index (χ3n) is 3.61. The van der Waals surface area contributed by atoms with Crippen LogP contribution in [0, 0.1) is 5.92 Å². The van der Waals surface area contributed by atoms with Crippen molar-refractivity contribution in [3.05, 3.63) is 36.0 Å². The van der Waals surface area contributed by atoms with E-state index in [9.17, 15) is 15.0 Å². The van der Waals surface area contributed by atoms with Gasteiger partial charge in [-0.25, -0.2) is 0 Å². The molecule has 1 aromatic carbocycles. The van der Waals surface area contributed by atoms with Gasteiger partial charge in [0.1, 0.15) is 11.9 Å². The average Bonchev–Trinajstić information content (AvgIpc) is 2.53. The number of aromatic hydroxyl groups is 1. The van der Waals surface area contributed by atoms with E-state index in [1.165, 1.54) is 0 Å². The monoisotopic (exact) mass is 264 g/mol. The fraction of sp³-hybridized carbons (Fsp3) is 0.400. The molecule has 1 fully saturated rings. The Morgan fingerprint density at radius 1 is 1.26 bits per heavy atom. The topological polar surface area (TPSA) is 66.8 Å². The Hall–Kier alpha value is -1.81. The first-order valence-electron chi connectivity index (χ1n) is 8.20. The third kappa shape index (κ3) is 2.24. The molecular formula is C15H16O4. The molecule has 2 N–H and O–H groups in total. The Labute approximate surface area is 116 Å². The highest BCUT2D eigenvalue weighted by molar-refractivity contribution is 6.22. The first kappa shape index (κ1) is 8.38. The van der Waals surface area contributed by atoms with Crippen LogP contribution in [0.2, 0.25) is 0 Å². The predicted molar refractivity (Wildman–Crippen MR) is 69.3 cm³/mol. The van der Waals surface area contributed by atoms with Crippen LogP contribution in [0.5, 0.6) is 5.75 Å². The van der Waals surface area contributed by atoms with Gasteiger partial charge in [-0.05, 0) is 30.5 Å². The molecule has 0 bridgehead atoms. The molecule has 0 aromatic heterocycles. The molecule has 3 rings (SSSR count). The highest BCUT2D eigenvalue weighted by Crippen LogP contribution is 2.36. The lowest BCUT2D eigenvalue weighted by molar-refractivity contribution is -0.126.